The van der Waals surface area contributed by atoms with Gasteiger partial charge in [0, 0.05) is 46.1 Å². The summed E-state index contributed by atoms with van der Waals surface area (Å²) >= 11 is 1.34. The van der Waals surface area contributed by atoms with Crippen LogP contribution in [0.3, 0.4) is 0 Å². The van der Waals surface area contributed by atoms with Crippen LogP contribution in [0.2, 0.25) is 0 Å². The molecule has 0 bridgehead atoms. The zero-order valence-corrected chi connectivity index (χ0v) is 17.5. The number of ketones is 1. The second kappa shape index (κ2) is 9.98. The normalized spacial score (nSPS) is 10.4. The second-order valence-corrected chi connectivity index (χ2v) is 7.54. The van der Waals surface area contributed by atoms with Crippen LogP contribution in [0.25, 0.3) is 0 Å². The van der Waals surface area contributed by atoms with E-state index in [2.05, 4.69) is 15.6 Å². The van der Waals surface area contributed by atoms with E-state index in [9.17, 15) is 14.4 Å². The number of amides is 2. The predicted octanol–water partition coefficient (Wildman–Crippen LogP) is 2.86. The summed E-state index contributed by atoms with van der Waals surface area (Å²) in [5.41, 5.74) is 2.30. The SMILES string of the molecule is CNC(=O)c1ccc(CN(C)C(=O)CCCNc2nc(C)c(C(C)=O)s2)cc1. The van der Waals surface area contributed by atoms with E-state index in [4.69, 9.17) is 0 Å². The summed E-state index contributed by atoms with van der Waals surface area (Å²) in [6, 6.07) is 7.21. The van der Waals surface area contributed by atoms with Crippen molar-refractivity contribution in [2.24, 2.45) is 0 Å². The van der Waals surface area contributed by atoms with Crippen LogP contribution in [0.4, 0.5) is 5.13 Å². The summed E-state index contributed by atoms with van der Waals surface area (Å²) in [5, 5.41) is 6.46. The number of aryl methyl sites for hydroxylation is 1. The number of hydrogen-bond acceptors (Lipinski definition) is 6. The Morgan fingerprint density at radius 3 is 2.43 bits per heavy atom. The lowest BCUT2D eigenvalue weighted by molar-refractivity contribution is -0.130. The van der Waals surface area contributed by atoms with E-state index >= 15 is 0 Å². The second-order valence-electron chi connectivity index (χ2n) is 6.55. The number of carbonyl (C=O) groups is 3. The molecule has 7 nitrogen and oxygen atoms in total. The number of Topliss-reactive ketones (excluding diaryl/α,β-unsaturated/α-hetero) is 1. The van der Waals surface area contributed by atoms with Crippen LogP contribution < -0.4 is 10.6 Å². The van der Waals surface area contributed by atoms with Gasteiger partial charge in [-0.05, 0) is 31.0 Å². The average Bonchev–Trinajstić information content (AvgIpc) is 3.05. The van der Waals surface area contributed by atoms with Crippen molar-refractivity contribution in [2.45, 2.75) is 33.2 Å². The molecular weight excluding hydrogens is 376 g/mol. The van der Waals surface area contributed by atoms with Crippen LogP contribution in [0.5, 0.6) is 0 Å². The number of nitrogens with one attached hydrogen (secondary N) is 2. The molecule has 0 aliphatic carbocycles. The van der Waals surface area contributed by atoms with Crippen LogP contribution in [-0.2, 0) is 11.3 Å². The van der Waals surface area contributed by atoms with Gasteiger partial charge in [-0.3, -0.25) is 14.4 Å². The maximum atomic E-state index is 12.3. The molecule has 0 fully saturated rings. The van der Waals surface area contributed by atoms with Gasteiger partial charge in [0.1, 0.15) is 0 Å². The minimum Gasteiger partial charge on any atom is -0.361 e. The molecule has 150 valence electrons. The molecule has 2 aromatic rings. The number of aromatic nitrogens is 1. The fraction of sp³-hybridized carbons (Fsp3) is 0.400. The van der Waals surface area contributed by atoms with E-state index in [0.717, 1.165) is 11.3 Å². The van der Waals surface area contributed by atoms with Crippen molar-refractivity contribution < 1.29 is 14.4 Å². The zero-order chi connectivity index (χ0) is 20.7. The third kappa shape index (κ3) is 5.88. The first kappa shape index (κ1) is 21.6. The Hall–Kier alpha value is -2.74. The highest BCUT2D eigenvalue weighted by Crippen LogP contribution is 2.22. The van der Waals surface area contributed by atoms with Crippen molar-refractivity contribution in [3.63, 3.8) is 0 Å². The third-order valence-electron chi connectivity index (χ3n) is 4.25. The van der Waals surface area contributed by atoms with Gasteiger partial charge in [-0.1, -0.05) is 23.5 Å². The first-order valence-corrected chi connectivity index (χ1v) is 9.90. The predicted molar refractivity (Wildman–Crippen MR) is 111 cm³/mol. The number of benzene rings is 1. The van der Waals surface area contributed by atoms with Gasteiger partial charge < -0.3 is 15.5 Å². The molecule has 0 saturated heterocycles. The molecule has 2 rings (SSSR count). The highest BCUT2D eigenvalue weighted by atomic mass is 32.1. The van der Waals surface area contributed by atoms with E-state index in [1.54, 1.807) is 31.1 Å². The molecule has 0 spiro atoms. The van der Waals surface area contributed by atoms with Gasteiger partial charge >= 0.3 is 0 Å². The molecule has 1 aromatic heterocycles. The smallest absolute Gasteiger partial charge is 0.251 e. The lowest BCUT2D eigenvalue weighted by Crippen LogP contribution is -2.26. The highest BCUT2D eigenvalue weighted by molar-refractivity contribution is 7.17. The lowest BCUT2D eigenvalue weighted by Gasteiger charge is -2.17. The van der Waals surface area contributed by atoms with Crippen LogP contribution in [0.15, 0.2) is 24.3 Å². The van der Waals surface area contributed by atoms with Crippen LogP contribution in [-0.4, -0.2) is 48.1 Å². The minimum absolute atomic E-state index is 0.0169. The Kier molecular flexibility index (Phi) is 7.69. The molecule has 0 unspecified atom stereocenters. The summed E-state index contributed by atoms with van der Waals surface area (Å²) in [6.45, 7) is 4.46. The number of hydrogen-bond donors (Lipinski definition) is 2. The van der Waals surface area contributed by atoms with Crippen molar-refractivity contribution in [1.29, 1.82) is 0 Å². The van der Waals surface area contributed by atoms with Crippen molar-refractivity contribution in [3.05, 3.63) is 46.0 Å². The van der Waals surface area contributed by atoms with Gasteiger partial charge in [0.2, 0.25) is 5.91 Å². The summed E-state index contributed by atoms with van der Waals surface area (Å²) in [6.07, 6.45) is 1.09. The maximum Gasteiger partial charge on any atom is 0.251 e. The van der Waals surface area contributed by atoms with Gasteiger partial charge in [-0.25, -0.2) is 4.98 Å². The third-order valence-corrected chi connectivity index (χ3v) is 5.46. The Labute approximate surface area is 169 Å². The van der Waals surface area contributed by atoms with E-state index in [1.165, 1.54) is 18.3 Å². The van der Waals surface area contributed by atoms with Gasteiger partial charge in [0.15, 0.2) is 10.9 Å². The fourth-order valence-corrected chi connectivity index (χ4v) is 3.58. The van der Waals surface area contributed by atoms with Crippen molar-refractivity contribution in [1.82, 2.24) is 15.2 Å². The molecule has 1 aromatic carbocycles. The maximum absolute atomic E-state index is 12.3. The van der Waals surface area contributed by atoms with E-state index < -0.39 is 0 Å². The molecular formula is C20H26N4O3S. The number of carbonyl (C=O) groups excluding carboxylic acids is 3. The molecule has 0 aliphatic rings. The summed E-state index contributed by atoms with van der Waals surface area (Å²) in [5.74, 6) is -0.0607. The molecule has 0 radical (unpaired) electrons. The van der Waals surface area contributed by atoms with Crippen molar-refractivity contribution >= 4 is 34.1 Å². The number of rotatable bonds is 9. The molecule has 1 heterocycles. The number of nitrogens with zero attached hydrogens (tertiary/aromatic N) is 2. The molecule has 0 saturated carbocycles. The van der Waals surface area contributed by atoms with Crippen molar-refractivity contribution in [2.75, 3.05) is 26.0 Å². The number of anilines is 1. The van der Waals surface area contributed by atoms with Gasteiger partial charge in [-0.15, -0.1) is 0 Å². The Morgan fingerprint density at radius 2 is 1.86 bits per heavy atom. The molecule has 2 amide bonds. The van der Waals surface area contributed by atoms with Gasteiger partial charge in [0.05, 0.1) is 10.6 Å². The van der Waals surface area contributed by atoms with Crippen molar-refractivity contribution in [3.8, 4) is 0 Å². The van der Waals surface area contributed by atoms with Crippen LogP contribution >= 0.6 is 11.3 Å². The Bertz CT molecular complexity index is 846. The van der Waals surface area contributed by atoms with E-state index in [1.807, 2.05) is 19.1 Å². The Balaban J connectivity index is 1.75. The standard InChI is InChI=1S/C20H26N4O3S/c1-13-18(14(2)25)28-20(23-13)22-11-5-6-17(26)24(4)12-15-7-9-16(10-8-15)19(27)21-3/h7-10H,5-6,11-12H2,1-4H3,(H,21,27)(H,22,23). The van der Waals surface area contributed by atoms with Crippen LogP contribution in [0, 0.1) is 6.92 Å². The average molecular weight is 403 g/mol. The lowest BCUT2D eigenvalue weighted by atomic mass is 10.1. The van der Waals surface area contributed by atoms with Gasteiger partial charge in [0.25, 0.3) is 5.91 Å². The first-order valence-electron chi connectivity index (χ1n) is 9.09. The molecule has 0 atom stereocenters. The van der Waals surface area contributed by atoms with E-state index in [-0.39, 0.29) is 17.6 Å². The molecule has 2 N–H and O–H groups in total. The molecule has 28 heavy (non-hydrogen) atoms. The first-order chi connectivity index (χ1) is 13.3. The monoisotopic (exact) mass is 402 g/mol. The topological polar surface area (TPSA) is 91.4 Å². The quantitative estimate of drug-likeness (QED) is 0.497. The summed E-state index contributed by atoms with van der Waals surface area (Å²) < 4.78 is 0. The van der Waals surface area contributed by atoms with Crippen LogP contribution in [0.1, 0.15) is 51.1 Å². The fourth-order valence-electron chi connectivity index (χ4n) is 2.69. The number of thiazole rings is 1. The highest BCUT2D eigenvalue weighted by Gasteiger charge is 2.12. The molecule has 8 heteroatoms. The summed E-state index contributed by atoms with van der Waals surface area (Å²) in [7, 11) is 3.36. The summed E-state index contributed by atoms with van der Waals surface area (Å²) in [4.78, 5) is 42.0. The Morgan fingerprint density at radius 1 is 1.18 bits per heavy atom. The largest absolute Gasteiger partial charge is 0.361 e. The zero-order valence-electron chi connectivity index (χ0n) is 16.7. The molecule has 0 aliphatic heterocycles. The van der Waals surface area contributed by atoms with E-state index in [0.29, 0.717) is 41.5 Å². The minimum atomic E-state index is -0.130. The van der Waals surface area contributed by atoms with Gasteiger partial charge in [-0.2, -0.15) is 0 Å².